The van der Waals surface area contributed by atoms with Crippen LogP contribution in [0.15, 0.2) is 47.4 Å². The molecule has 7 heteroatoms. The normalized spacial score (nSPS) is 15.6. The van der Waals surface area contributed by atoms with Crippen LogP contribution in [0.25, 0.3) is 0 Å². The van der Waals surface area contributed by atoms with E-state index in [4.69, 9.17) is 0 Å². The average molecular weight is 374 g/mol. The molecule has 138 valence electrons. The van der Waals surface area contributed by atoms with Crippen LogP contribution in [-0.4, -0.2) is 36.8 Å². The summed E-state index contributed by atoms with van der Waals surface area (Å²) in [6, 6.07) is 11.0. The number of carbonyl (C=O) groups excluding carboxylic acids is 1. The number of nitrogens with one attached hydrogen (secondary N) is 1. The van der Waals surface area contributed by atoms with Crippen molar-refractivity contribution in [3.8, 4) is 5.75 Å². The minimum Gasteiger partial charge on any atom is -0.506 e. The Hall–Kier alpha value is -2.38. The number of nitrogens with zero attached hydrogens (tertiary/aromatic N) is 1. The predicted molar refractivity (Wildman–Crippen MR) is 99.8 cm³/mol. The fraction of sp³-hybridized carbons (Fsp3) is 0.316. The van der Waals surface area contributed by atoms with Gasteiger partial charge >= 0.3 is 0 Å². The topological polar surface area (TPSA) is 86.7 Å². The van der Waals surface area contributed by atoms with Gasteiger partial charge in [-0.3, -0.25) is 4.79 Å². The van der Waals surface area contributed by atoms with Gasteiger partial charge in [-0.1, -0.05) is 24.6 Å². The van der Waals surface area contributed by atoms with Crippen molar-refractivity contribution in [3.05, 3.63) is 53.6 Å². The van der Waals surface area contributed by atoms with Gasteiger partial charge in [0.2, 0.25) is 10.0 Å². The summed E-state index contributed by atoms with van der Waals surface area (Å²) in [4.78, 5) is 12.7. The molecule has 0 aliphatic carbocycles. The first kappa shape index (κ1) is 18.4. The fourth-order valence-electron chi connectivity index (χ4n) is 3.04. The molecule has 0 spiro atoms. The number of anilines is 1. The van der Waals surface area contributed by atoms with Crippen molar-refractivity contribution < 1.29 is 18.3 Å². The Labute approximate surface area is 153 Å². The summed E-state index contributed by atoms with van der Waals surface area (Å²) in [6.45, 7) is 2.74. The Balaban J connectivity index is 1.90. The maximum atomic E-state index is 12.9. The first-order valence-electron chi connectivity index (χ1n) is 8.60. The fourth-order valence-corrected chi connectivity index (χ4v) is 4.81. The van der Waals surface area contributed by atoms with Crippen LogP contribution in [-0.2, 0) is 10.0 Å². The molecular weight excluding hydrogens is 352 g/mol. The number of carbonyl (C=O) groups is 1. The van der Waals surface area contributed by atoms with E-state index in [1.807, 2.05) is 0 Å². The second-order valence-corrected chi connectivity index (χ2v) is 8.32. The molecule has 0 atom stereocenters. The quantitative estimate of drug-likeness (QED) is 0.805. The Morgan fingerprint density at radius 1 is 1.08 bits per heavy atom. The van der Waals surface area contributed by atoms with Gasteiger partial charge < -0.3 is 10.4 Å². The summed E-state index contributed by atoms with van der Waals surface area (Å²) in [7, 11) is -3.63. The summed E-state index contributed by atoms with van der Waals surface area (Å²) in [5.74, 6) is -0.518. The zero-order valence-electron chi connectivity index (χ0n) is 14.6. The van der Waals surface area contributed by atoms with E-state index in [-0.39, 0.29) is 21.9 Å². The Morgan fingerprint density at radius 2 is 1.77 bits per heavy atom. The molecule has 2 aromatic carbocycles. The van der Waals surface area contributed by atoms with Gasteiger partial charge in [-0.25, -0.2) is 8.42 Å². The molecule has 6 nitrogen and oxygen atoms in total. The SMILES string of the molecule is Cc1ccc(C(=O)Nc2ccccc2O)cc1S(=O)(=O)N1CCCCC1. The highest BCUT2D eigenvalue weighted by Crippen LogP contribution is 2.26. The lowest BCUT2D eigenvalue weighted by molar-refractivity contribution is 0.102. The number of aromatic hydroxyl groups is 1. The number of hydrogen-bond donors (Lipinski definition) is 2. The number of phenols is 1. The largest absolute Gasteiger partial charge is 0.506 e. The lowest BCUT2D eigenvalue weighted by Gasteiger charge is -2.26. The van der Waals surface area contributed by atoms with Crippen LogP contribution in [0.1, 0.15) is 35.2 Å². The molecule has 2 aromatic rings. The number of sulfonamides is 1. The predicted octanol–water partition coefficient (Wildman–Crippen LogP) is 3.13. The third-order valence-electron chi connectivity index (χ3n) is 4.54. The molecule has 0 radical (unpaired) electrons. The summed E-state index contributed by atoms with van der Waals surface area (Å²) < 4.78 is 27.4. The van der Waals surface area contributed by atoms with Crippen LogP contribution in [0.2, 0.25) is 0 Å². The van der Waals surface area contributed by atoms with Crippen LogP contribution in [0.5, 0.6) is 5.75 Å². The second kappa shape index (κ2) is 7.47. The monoisotopic (exact) mass is 374 g/mol. The highest BCUT2D eigenvalue weighted by molar-refractivity contribution is 7.89. The van der Waals surface area contributed by atoms with Gasteiger partial charge in [-0.15, -0.1) is 0 Å². The Morgan fingerprint density at radius 3 is 2.46 bits per heavy atom. The van der Waals surface area contributed by atoms with Crippen LogP contribution < -0.4 is 5.32 Å². The number of rotatable bonds is 4. The molecule has 0 bridgehead atoms. The van der Waals surface area contributed by atoms with Crippen molar-refractivity contribution in [2.75, 3.05) is 18.4 Å². The van der Waals surface area contributed by atoms with Crippen LogP contribution >= 0.6 is 0 Å². The summed E-state index contributed by atoms with van der Waals surface area (Å²) in [6.07, 6.45) is 2.74. The molecule has 1 heterocycles. The molecule has 0 saturated carbocycles. The number of phenolic OH excluding ortho intramolecular Hbond substituents is 1. The van der Waals surface area contributed by atoms with Gasteiger partial charge in [0.1, 0.15) is 5.75 Å². The molecule has 26 heavy (non-hydrogen) atoms. The van der Waals surface area contributed by atoms with Crippen molar-refractivity contribution in [1.82, 2.24) is 4.31 Å². The molecule has 1 saturated heterocycles. The second-order valence-electron chi connectivity index (χ2n) is 6.42. The van der Waals surface area contributed by atoms with E-state index >= 15 is 0 Å². The molecule has 0 unspecified atom stereocenters. The van der Waals surface area contributed by atoms with E-state index in [0.717, 1.165) is 19.3 Å². The summed E-state index contributed by atoms with van der Waals surface area (Å²) in [5, 5.41) is 12.4. The number of hydrogen-bond acceptors (Lipinski definition) is 4. The van der Waals surface area contributed by atoms with E-state index in [1.54, 1.807) is 37.3 Å². The lowest BCUT2D eigenvalue weighted by atomic mass is 10.1. The summed E-state index contributed by atoms with van der Waals surface area (Å²) in [5.41, 5.74) is 1.11. The third kappa shape index (κ3) is 3.73. The highest BCUT2D eigenvalue weighted by atomic mass is 32.2. The number of benzene rings is 2. The van der Waals surface area contributed by atoms with E-state index in [0.29, 0.717) is 18.7 Å². The first-order chi connectivity index (χ1) is 12.4. The maximum Gasteiger partial charge on any atom is 0.255 e. The molecule has 3 rings (SSSR count). The third-order valence-corrected chi connectivity index (χ3v) is 6.58. The molecule has 1 aliphatic rings. The van der Waals surface area contributed by atoms with Gasteiger partial charge in [0, 0.05) is 18.7 Å². The number of para-hydroxylation sites is 2. The Bertz CT molecular complexity index is 919. The lowest BCUT2D eigenvalue weighted by Crippen LogP contribution is -2.36. The average Bonchev–Trinajstić information content (AvgIpc) is 2.64. The minimum atomic E-state index is -3.63. The van der Waals surface area contributed by atoms with Crippen molar-refractivity contribution in [1.29, 1.82) is 0 Å². The van der Waals surface area contributed by atoms with E-state index in [2.05, 4.69) is 5.32 Å². The van der Waals surface area contributed by atoms with Crippen LogP contribution in [0.3, 0.4) is 0 Å². The molecular formula is C19H22N2O4S. The van der Waals surface area contributed by atoms with Crippen molar-refractivity contribution in [2.45, 2.75) is 31.1 Å². The molecule has 2 N–H and O–H groups in total. The van der Waals surface area contributed by atoms with Crippen molar-refractivity contribution >= 4 is 21.6 Å². The van der Waals surface area contributed by atoms with Crippen LogP contribution in [0.4, 0.5) is 5.69 Å². The van der Waals surface area contributed by atoms with E-state index in [9.17, 15) is 18.3 Å². The number of aryl methyl sites for hydroxylation is 1. The number of piperidine rings is 1. The van der Waals surface area contributed by atoms with E-state index in [1.165, 1.54) is 16.4 Å². The highest BCUT2D eigenvalue weighted by Gasteiger charge is 2.28. The van der Waals surface area contributed by atoms with Gasteiger partial charge in [0.15, 0.2) is 0 Å². The zero-order valence-corrected chi connectivity index (χ0v) is 15.4. The number of amides is 1. The minimum absolute atomic E-state index is 0.0471. The van der Waals surface area contributed by atoms with Crippen LogP contribution in [0, 0.1) is 6.92 Å². The van der Waals surface area contributed by atoms with Gasteiger partial charge in [0.25, 0.3) is 5.91 Å². The van der Waals surface area contributed by atoms with Crippen molar-refractivity contribution in [2.24, 2.45) is 0 Å². The van der Waals surface area contributed by atoms with E-state index < -0.39 is 15.9 Å². The molecule has 1 aliphatic heterocycles. The van der Waals surface area contributed by atoms with Gasteiger partial charge in [-0.2, -0.15) is 4.31 Å². The van der Waals surface area contributed by atoms with Gasteiger partial charge in [-0.05, 0) is 49.6 Å². The molecule has 1 fully saturated rings. The van der Waals surface area contributed by atoms with Gasteiger partial charge in [0.05, 0.1) is 10.6 Å². The molecule has 1 amide bonds. The molecule has 0 aromatic heterocycles. The Kier molecular flexibility index (Phi) is 5.29. The smallest absolute Gasteiger partial charge is 0.255 e. The zero-order chi connectivity index (χ0) is 18.7. The first-order valence-corrected chi connectivity index (χ1v) is 10.0. The van der Waals surface area contributed by atoms with Crippen molar-refractivity contribution in [3.63, 3.8) is 0 Å². The standard InChI is InChI=1S/C19H22N2O4S/c1-14-9-10-15(19(23)20-16-7-3-4-8-17(16)22)13-18(14)26(24,25)21-11-5-2-6-12-21/h3-4,7-10,13,22H,2,5-6,11-12H2,1H3,(H,20,23). The summed E-state index contributed by atoms with van der Waals surface area (Å²) >= 11 is 0. The maximum absolute atomic E-state index is 12.9.